The van der Waals surface area contributed by atoms with E-state index in [1.165, 1.54) is 250 Å². The van der Waals surface area contributed by atoms with Gasteiger partial charge in [-0.15, -0.1) is 0 Å². The Hall–Kier alpha value is -2.38. The lowest BCUT2D eigenvalue weighted by atomic mass is 9.99. The second-order valence-electron chi connectivity index (χ2n) is 26.7. The van der Waals surface area contributed by atoms with Crippen LogP contribution in [-0.4, -0.2) is 99.6 Å². The van der Waals surface area contributed by atoms with Crippen LogP contribution in [0, 0.1) is 0 Å². The molecule has 0 radical (unpaired) electrons. The van der Waals surface area contributed by atoms with Gasteiger partial charge in [0.25, 0.3) is 0 Å². The Kier molecular flexibility index (Phi) is 62.4. The first-order valence-electron chi connectivity index (χ1n) is 38.4. The van der Waals surface area contributed by atoms with Gasteiger partial charge < -0.3 is 45.1 Å². The van der Waals surface area contributed by atoms with Crippen LogP contribution < -0.4 is 5.32 Å². The largest absolute Gasteiger partial charge is 0.454 e. The zero-order valence-corrected chi connectivity index (χ0v) is 58.3. The van der Waals surface area contributed by atoms with Gasteiger partial charge in [0, 0.05) is 6.42 Å². The number of unbranched alkanes of at least 4 members (excludes halogenated alkanes) is 47. The number of carbonyl (C=O) groups is 2. The zero-order valence-electron chi connectivity index (χ0n) is 58.3. The number of aliphatic hydroxyl groups excluding tert-OH is 5. The Morgan fingerprint density at radius 2 is 0.775 bits per heavy atom. The molecule has 0 aromatic heterocycles. The summed E-state index contributed by atoms with van der Waals surface area (Å²) in [6.45, 7) is 5.83. The number of rotatable bonds is 67. The van der Waals surface area contributed by atoms with Crippen molar-refractivity contribution in [2.24, 2.45) is 0 Å². The van der Waals surface area contributed by atoms with Gasteiger partial charge in [-0.2, -0.15) is 0 Å². The van der Waals surface area contributed by atoms with Crippen molar-refractivity contribution in [3.05, 3.63) is 48.6 Å². The fraction of sp³-hybridized carbons (Fsp3) is 0.872. The van der Waals surface area contributed by atoms with Gasteiger partial charge in [-0.05, 0) is 64.2 Å². The lowest BCUT2D eigenvalue weighted by Gasteiger charge is -2.41. The summed E-state index contributed by atoms with van der Waals surface area (Å²) in [6.07, 6.45) is 73.0. The van der Waals surface area contributed by atoms with Gasteiger partial charge in [0.05, 0.1) is 25.4 Å². The molecule has 11 nitrogen and oxygen atoms in total. The molecule has 6 N–H and O–H groups in total. The maximum absolute atomic E-state index is 13.5. The molecule has 1 aliphatic heterocycles. The second-order valence-corrected chi connectivity index (χ2v) is 26.7. The number of hydrogen-bond acceptors (Lipinski definition) is 10. The van der Waals surface area contributed by atoms with Crippen molar-refractivity contribution in [1.29, 1.82) is 0 Å². The highest BCUT2D eigenvalue weighted by Crippen LogP contribution is 2.27. The quantitative estimate of drug-likeness (QED) is 0.0195. The lowest BCUT2D eigenvalue weighted by molar-refractivity contribution is -0.305. The first-order valence-corrected chi connectivity index (χ1v) is 38.4. The Morgan fingerprint density at radius 1 is 0.438 bits per heavy atom. The summed E-state index contributed by atoms with van der Waals surface area (Å²) in [5.74, 6) is -1.18. The molecule has 8 atom stereocenters. The van der Waals surface area contributed by atoms with Crippen LogP contribution in [0.4, 0.5) is 0 Å². The monoisotopic (exact) mass is 1260 g/mol. The molecule has 522 valence electrons. The molecule has 0 spiro atoms. The van der Waals surface area contributed by atoms with Crippen LogP contribution in [0.25, 0.3) is 0 Å². The van der Waals surface area contributed by atoms with Crippen molar-refractivity contribution in [3.63, 3.8) is 0 Å². The van der Waals surface area contributed by atoms with E-state index in [0.29, 0.717) is 19.3 Å². The van der Waals surface area contributed by atoms with Crippen molar-refractivity contribution >= 4 is 11.9 Å². The number of hydrogen-bond donors (Lipinski definition) is 6. The molecule has 1 amide bonds. The van der Waals surface area contributed by atoms with E-state index in [2.05, 4.69) is 62.5 Å². The fourth-order valence-corrected chi connectivity index (χ4v) is 12.2. The number of allylic oxidation sites excluding steroid dienone is 7. The molecule has 1 fully saturated rings. The SMILES string of the molecule is CCCCC/C=C\C/C=C\C/C=C\CCCCCCCCCCCCC(=O)OC1C(OCC(NC(=O)C(O)CCCCCCCCCCCCCCCCCCCCCCCCCC)C(O)/C=C/CCCCCCCCCCCCC)OC(CO)C(O)C1O. The molecule has 0 aromatic carbocycles. The third-order valence-electron chi connectivity index (χ3n) is 18.2. The number of carbonyl (C=O) groups excluding carboxylic acids is 2. The van der Waals surface area contributed by atoms with Crippen LogP contribution in [0.2, 0.25) is 0 Å². The van der Waals surface area contributed by atoms with Gasteiger partial charge in [-0.1, -0.05) is 352 Å². The van der Waals surface area contributed by atoms with Crippen LogP contribution in [0.15, 0.2) is 48.6 Å². The molecule has 1 aliphatic rings. The van der Waals surface area contributed by atoms with Gasteiger partial charge in [0.2, 0.25) is 5.91 Å². The summed E-state index contributed by atoms with van der Waals surface area (Å²) >= 11 is 0. The predicted molar refractivity (Wildman–Crippen MR) is 375 cm³/mol. The van der Waals surface area contributed by atoms with E-state index in [9.17, 15) is 35.1 Å². The summed E-state index contributed by atoms with van der Waals surface area (Å²) in [5.41, 5.74) is 0. The summed E-state index contributed by atoms with van der Waals surface area (Å²) < 4.78 is 17.7. The van der Waals surface area contributed by atoms with E-state index < -0.39 is 67.4 Å². The van der Waals surface area contributed by atoms with Crippen LogP contribution in [-0.2, 0) is 23.8 Å². The average Bonchev–Trinajstić information content (AvgIpc) is 3.20. The van der Waals surface area contributed by atoms with E-state index in [1.54, 1.807) is 6.08 Å². The van der Waals surface area contributed by atoms with Crippen LogP contribution in [0.5, 0.6) is 0 Å². The average molecular weight is 1260 g/mol. The minimum Gasteiger partial charge on any atom is -0.454 e. The number of nitrogens with one attached hydrogen (secondary N) is 1. The van der Waals surface area contributed by atoms with E-state index in [4.69, 9.17) is 14.2 Å². The normalized spacial score (nSPS) is 18.3. The zero-order chi connectivity index (χ0) is 64.6. The third-order valence-corrected chi connectivity index (χ3v) is 18.2. The standard InChI is InChI=1S/C78H145NO10/c1-4-7-10-13-16-19-22-25-27-29-31-33-35-37-38-40-42-44-47-50-53-56-59-62-65-71(82)77(86)79-69(70(81)64-61-58-55-52-49-46-24-21-18-15-12-9-6-3)68-87-78-76(75(85)74(84)72(67-80)88-78)89-73(83)66-63-60-57-54-51-48-45-43-41-39-36-34-32-30-28-26-23-20-17-14-11-8-5-2/h17,20,26,28,32,34,61,64,69-72,74-76,78,80-82,84-85H,4-16,18-19,21-25,27,29-31,33,35-60,62-63,65-68H2,1-3H3,(H,79,86)/b20-17-,28-26-,34-32-,64-61+. The molecule has 0 bridgehead atoms. The van der Waals surface area contributed by atoms with Crippen molar-refractivity contribution in [1.82, 2.24) is 5.32 Å². The predicted octanol–water partition coefficient (Wildman–Crippen LogP) is 20.3. The van der Waals surface area contributed by atoms with Gasteiger partial charge in [0.15, 0.2) is 12.4 Å². The summed E-state index contributed by atoms with van der Waals surface area (Å²) in [5, 5.41) is 57.4. The van der Waals surface area contributed by atoms with Crippen molar-refractivity contribution in [2.75, 3.05) is 13.2 Å². The molecule has 0 aromatic rings. The molecule has 8 unspecified atom stereocenters. The minimum absolute atomic E-state index is 0.121. The van der Waals surface area contributed by atoms with Crippen LogP contribution >= 0.6 is 0 Å². The van der Waals surface area contributed by atoms with Gasteiger partial charge >= 0.3 is 5.97 Å². The Bertz CT molecular complexity index is 1640. The van der Waals surface area contributed by atoms with Crippen LogP contribution in [0.3, 0.4) is 0 Å². The molecular formula is C78H145NO10. The molecule has 0 saturated carbocycles. The molecule has 0 aliphatic carbocycles. The summed E-state index contributed by atoms with van der Waals surface area (Å²) in [4.78, 5) is 26.8. The third kappa shape index (κ3) is 52.7. The Balaban J connectivity index is 2.54. The Morgan fingerprint density at radius 3 is 1.18 bits per heavy atom. The number of ether oxygens (including phenoxy) is 3. The highest BCUT2D eigenvalue weighted by molar-refractivity contribution is 5.80. The Labute approximate surface area is 548 Å². The van der Waals surface area contributed by atoms with Gasteiger partial charge in [-0.25, -0.2) is 0 Å². The maximum atomic E-state index is 13.5. The minimum atomic E-state index is -1.62. The molecular weight excluding hydrogens is 1110 g/mol. The first kappa shape index (κ1) is 84.6. The molecule has 11 heteroatoms. The summed E-state index contributed by atoms with van der Waals surface area (Å²) in [7, 11) is 0. The molecule has 89 heavy (non-hydrogen) atoms. The number of esters is 1. The highest BCUT2D eigenvalue weighted by atomic mass is 16.7. The number of amides is 1. The van der Waals surface area contributed by atoms with E-state index >= 15 is 0 Å². The summed E-state index contributed by atoms with van der Waals surface area (Å²) in [6, 6.07) is -1.02. The first-order chi connectivity index (χ1) is 43.7. The topological polar surface area (TPSA) is 175 Å². The van der Waals surface area contributed by atoms with E-state index in [-0.39, 0.29) is 13.0 Å². The number of aliphatic hydroxyl groups is 5. The van der Waals surface area contributed by atoms with Crippen molar-refractivity contribution in [2.45, 2.75) is 423 Å². The van der Waals surface area contributed by atoms with Gasteiger partial charge in [0.1, 0.15) is 24.4 Å². The van der Waals surface area contributed by atoms with Crippen LogP contribution in [0.1, 0.15) is 374 Å². The maximum Gasteiger partial charge on any atom is 0.306 e. The fourth-order valence-electron chi connectivity index (χ4n) is 12.2. The second kappa shape index (κ2) is 65.7. The smallest absolute Gasteiger partial charge is 0.306 e. The van der Waals surface area contributed by atoms with Crippen molar-refractivity contribution in [3.8, 4) is 0 Å². The van der Waals surface area contributed by atoms with E-state index in [0.717, 1.165) is 77.0 Å². The van der Waals surface area contributed by atoms with Crippen molar-refractivity contribution < 1.29 is 49.3 Å². The van der Waals surface area contributed by atoms with E-state index in [1.807, 2.05) is 6.08 Å². The lowest BCUT2D eigenvalue weighted by Crippen LogP contribution is -2.61. The molecule has 1 rings (SSSR count). The highest BCUT2D eigenvalue weighted by Gasteiger charge is 2.47. The molecule has 1 heterocycles. The van der Waals surface area contributed by atoms with Gasteiger partial charge in [-0.3, -0.25) is 9.59 Å². The molecule has 1 saturated heterocycles.